The van der Waals surface area contributed by atoms with E-state index in [0.29, 0.717) is 30.9 Å². The van der Waals surface area contributed by atoms with Crippen molar-refractivity contribution in [2.24, 2.45) is 0 Å². The van der Waals surface area contributed by atoms with E-state index in [1.54, 1.807) is 24.3 Å². The van der Waals surface area contributed by atoms with Crippen LogP contribution in [-0.2, 0) is 10.3 Å². The van der Waals surface area contributed by atoms with Gasteiger partial charge in [0.05, 0.1) is 19.8 Å². The highest BCUT2D eigenvalue weighted by atomic mass is 35.5. The molecule has 1 saturated heterocycles. The fourth-order valence-corrected chi connectivity index (χ4v) is 2.74. The summed E-state index contributed by atoms with van der Waals surface area (Å²) in [7, 11) is 0. The normalized spacial score (nSPS) is 16.9. The van der Waals surface area contributed by atoms with E-state index >= 15 is 0 Å². The minimum absolute atomic E-state index is 0. The average Bonchev–Trinajstić information content (AvgIpc) is 2.63. The molecule has 2 aromatic rings. The van der Waals surface area contributed by atoms with E-state index in [1.165, 1.54) is 12.1 Å². The van der Waals surface area contributed by atoms with Crippen molar-refractivity contribution in [3.05, 3.63) is 71.5 Å². The van der Waals surface area contributed by atoms with E-state index in [-0.39, 0.29) is 12.4 Å². The summed E-state index contributed by atoms with van der Waals surface area (Å²) in [6.45, 7) is 3.62. The summed E-state index contributed by atoms with van der Waals surface area (Å²) in [6.07, 6.45) is 0. The van der Waals surface area contributed by atoms with E-state index in [4.69, 9.17) is 4.74 Å². The number of hydrogen-bond donors (Lipinski definition) is 1. The average molecular weight is 362 g/mol. The molecule has 0 saturated carbocycles. The number of hydrogen-bond acceptors (Lipinski definition) is 3. The number of rotatable bonds is 3. The molecule has 5 heteroatoms. The van der Waals surface area contributed by atoms with Crippen molar-refractivity contribution in [2.45, 2.75) is 5.60 Å². The molecule has 2 aromatic carbocycles. The van der Waals surface area contributed by atoms with Crippen LogP contribution >= 0.6 is 12.4 Å². The monoisotopic (exact) mass is 361 g/mol. The van der Waals surface area contributed by atoms with Crippen LogP contribution in [0.3, 0.4) is 0 Å². The Morgan fingerprint density at radius 3 is 2.40 bits per heavy atom. The van der Waals surface area contributed by atoms with Crippen LogP contribution in [0.5, 0.6) is 0 Å². The van der Waals surface area contributed by atoms with E-state index in [0.717, 1.165) is 13.1 Å². The molecule has 25 heavy (non-hydrogen) atoms. The van der Waals surface area contributed by atoms with Gasteiger partial charge in [-0.15, -0.1) is 12.4 Å². The van der Waals surface area contributed by atoms with Crippen LogP contribution in [0.4, 0.5) is 4.39 Å². The molecule has 1 heterocycles. The lowest BCUT2D eigenvalue weighted by Gasteiger charge is -2.25. The molecule has 1 N–H and O–H groups in total. The van der Waals surface area contributed by atoms with Gasteiger partial charge < -0.3 is 9.84 Å². The Bertz CT molecular complexity index is 738. The topological polar surface area (TPSA) is 32.7 Å². The molecule has 0 aromatic heterocycles. The van der Waals surface area contributed by atoms with Crippen molar-refractivity contribution < 1.29 is 14.2 Å². The maximum atomic E-state index is 13.6. The third kappa shape index (κ3) is 4.81. The van der Waals surface area contributed by atoms with Crippen molar-refractivity contribution in [1.82, 2.24) is 4.90 Å². The Balaban J connectivity index is 0.00000225. The lowest BCUT2D eigenvalue weighted by atomic mass is 9.87. The second-order valence-electron chi connectivity index (χ2n) is 5.78. The second-order valence-corrected chi connectivity index (χ2v) is 5.78. The molecule has 1 atom stereocenters. The zero-order chi connectivity index (χ0) is 16.8. The molecule has 0 aliphatic carbocycles. The smallest absolute Gasteiger partial charge is 0.177 e. The van der Waals surface area contributed by atoms with Gasteiger partial charge in [0.15, 0.2) is 5.60 Å². The fraction of sp³-hybridized carbons (Fsp3) is 0.300. The highest BCUT2D eigenvalue weighted by Crippen LogP contribution is 2.29. The van der Waals surface area contributed by atoms with E-state index in [1.807, 2.05) is 18.2 Å². The minimum Gasteiger partial charge on any atom is -0.379 e. The fourth-order valence-electron chi connectivity index (χ4n) is 2.74. The zero-order valence-corrected chi connectivity index (χ0v) is 14.6. The summed E-state index contributed by atoms with van der Waals surface area (Å²) in [6, 6.07) is 15.1. The van der Waals surface area contributed by atoms with Crippen LogP contribution < -0.4 is 0 Å². The first kappa shape index (κ1) is 19.4. The molecular weight excluding hydrogens is 341 g/mol. The summed E-state index contributed by atoms with van der Waals surface area (Å²) in [5.74, 6) is 5.63. The predicted octanol–water partition coefficient (Wildman–Crippen LogP) is 2.82. The van der Waals surface area contributed by atoms with Gasteiger partial charge in [0.2, 0.25) is 0 Å². The van der Waals surface area contributed by atoms with Gasteiger partial charge in [0.25, 0.3) is 0 Å². The van der Waals surface area contributed by atoms with Gasteiger partial charge in [-0.3, -0.25) is 4.90 Å². The summed E-state index contributed by atoms with van der Waals surface area (Å²) in [5.41, 5.74) is -0.469. The third-order valence-corrected chi connectivity index (χ3v) is 4.11. The molecule has 1 fully saturated rings. The number of aliphatic hydroxyl groups is 1. The Morgan fingerprint density at radius 2 is 1.72 bits per heavy atom. The van der Waals surface area contributed by atoms with Gasteiger partial charge in [-0.2, -0.15) is 0 Å². The molecule has 1 aliphatic rings. The lowest BCUT2D eigenvalue weighted by molar-refractivity contribution is 0.0442. The summed E-state index contributed by atoms with van der Waals surface area (Å²) < 4.78 is 19.0. The lowest BCUT2D eigenvalue weighted by Crippen LogP contribution is -2.36. The molecule has 0 amide bonds. The van der Waals surface area contributed by atoms with Crippen molar-refractivity contribution in [2.75, 3.05) is 32.8 Å². The van der Waals surface area contributed by atoms with E-state index in [2.05, 4.69) is 16.7 Å². The first-order valence-electron chi connectivity index (χ1n) is 8.02. The Hall–Kier alpha value is -1.90. The highest BCUT2D eigenvalue weighted by Gasteiger charge is 2.29. The van der Waals surface area contributed by atoms with Crippen molar-refractivity contribution in [3.63, 3.8) is 0 Å². The zero-order valence-electron chi connectivity index (χ0n) is 13.8. The molecule has 1 unspecified atom stereocenters. The third-order valence-electron chi connectivity index (χ3n) is 4.11. The minimum atomic E-state index is -1.53. The predicted molar refractivity (Wildman–Crippen MR) is 98.1 cm³/mol. The molecule has 1 aliphatic heterocycles. The van der Waals surface area contributed by atoms with Crippen LogP contribution in [0.25, 0.3) is 0 Å². The Morgan fingerprint density at radius 1 is 1.04 bits per heavy atom. The number of morpholine rings is 1. The van der Waals surface area contributed by atoms with Crippen LogP contribution in [0.1, 0.15) is 11.1 Å². The molecule has 0 radical (unpaired) electrons. The maximum absolute atomic E-state index is 13.6. The van der Waals surface area contributed by atoms with Crippen LogP contribution in [0.2, 0.25) is 0 Å². The first-order valence-corrected chi connectivity index (χ1v) is 8.02. The Labute approximate surface area is 153 Å². The summed E-state index contributed by atoms with van der Waals surface area (Å²) >= 11 is 0. The number of halogens is 2. The number of nitrogens with zero attached hydrogens (tertiary/aromatic N) is 1. The molecule has 0 bridgehead atoms. The standard InChI is InChI=1S/C20H20FNO2.ClH/c21-19-9-4-8-18(16-19)20(23,17-6-2-1-3-7-17)10-5-11-22-12-14-24-15-13-22;/h1-4,6-9,16,23H,11-15H2;1H. The summed E-state index contributed by atoms with van der Waals surface area (Å²) in [5, 5.41) is 11.2. The number of benzene rings is 2. The van der Waals surface area contributed by atoms with Gasteiger partial charge in [0, 0.05) is 24.2 Å². The molecule has 3 rings (SSSR count). The molecule has 3 nitrogen and oxygen atoms in total. The van der Waals surface area contributed by atoms with Gasteiger partial charge >= 0.3 is 0 Å². The number of ether oxygens (including phenoxy) is 1. The van der Waals surface area contributed by atoms with E-state index in [9.17, 15) is 9.50 Å². The summed E-state index contributed by atoms with van der Waals surface area (Å²) in [4.78, 5) is 2.17. The Kier molecular flexibility index (Phi) is 6.98. The second kappa shape index (κ2) is 8.98. The van der Waals surface area contributed by atoms with Crippen molar-refractivity contribution >= 4 is 12.4 Å². The van der Waals surface area contributed by atoms with Crippen LogP contribution in [0, 0.1) is 17.7 Å². The van der Waals surface area contributed by atoms with Gasteiger partial charge in [-0.25, -0.2) is 4.39 Å². The van der Waals surface area contributed by atoms with Crippen molar-refractivity contribution in [1.29, 1.82) is 0 Å². The highest BCUT2D eigenvalue weighted by molar-refractivity contribution is 5.85. The molecule has 0 spiro atoms. The first-order chi connectivity index (χ1) is 11.7. The quantitative estimate of drug-likeness (QED) is 0.853. The van der Waals surface area contributed by atoms with Crippen molar-refractivity contribution in [3.8, 4) is 11.8 Å². The maximum Gasteiger partial charge on any atom is 0.177 e. The van der Waals surface area contributed by atoms with Crippen LogP contribution in [-0.4, -0.2) is 42.9 Å². The van der Waals surface area contributed by atoms with Gasteiger partial charge in [0.1, 0.15) is 5.82 Å². The SMILES string of the molecule is Cl.OC(C#CCN1CCOCC1)(c1ccccc1)c1cccc(F)c1. The van der Waals surface area contributed by atoms with Gasteiger partial charge in [-0.1, -0.05) is 54.3 Å². The van der Waals surface area contributed by atoms with Gasteiger partial charge in [-0.05, 0) is 12.1 Å². The largest absolute Gasteiger partial charge is 0.379 e. The van der Waals surface area contributed by atoms with Crippen LogP contribution in [0.15, 0.2) is 54.6 Å². The van der Waals surface area contributed by atoms with E-state index < -0.39 is 11.4 Å². The molecule has 132 valence electrons. The molecular formula is C20H21ClFNO2.